The maximum absolute atomic E-state index is 13.7. The second-order valence-corrected chi connectivity index (χ2v) is 5.31. The van der Waals surface area contributed by atoms with Crippen molar-refractivity contribution in [3.63, 3.8) is 0 Å². The molecule has 2 N–H and O–H groups in total. The lowest BCUT2D eigenvalue weighted by atomic mass is 9.83. The molecule has 0 heterocycles. The van der Waals surface area contributed by atoms with E-state index in [9.17, 15) is 9.18 Å². The van der Waals surface area contributed by atoms with Crippen LogP contribution < -0.4 is 5.32 Å². The zero-order valence-electron chi connectivity index (χ0n) is 12.0. The van der Waals surface area contributed by atoms with Gasteiger partial charge in [-0.25, -0.2) is 4.39 Å². The van der Waals surface area contributed by atoms with E-state index in [1.165, 1.54) is 37.5 Å². The molecule has 0 aliphatic heterocycles. The first kappa shape index (κ1) is 15.5. The van der Waals surface area contributed by atoms with Gasteiger partial charge >= 0.3 is 0 Å². The molecule has 0 radical (unpaired) electrons. The monoisotopic (exact) mass is 289 g/mol. The molecule has 1 fully saturated rings. The molecule has 1 aliphatic rings. The third kappa shape index (κ3) is 4.57. The van der Waals surface area contributed by atoms with Crippen LogP contribution in [0.5, 0.6) is 0 Å². The van der Waals surface area contributed by atoms with E-state index in [1.807, 2.05) is 0 Å². The van der Waals surface area contributed by atoms with Crippen molar-refractivity contribution in [2.75, 3.05) is 13.2 Å². The molecule has 1 saturated carbocycles. The molecule has 3 nitrogen and oxygen atoms in total. The van der Waals surface area contributed by atoms with Crippen molar-refractivity contribution in [1.29, 1.82) is 0 Å². The highest BCUT2D eigenvalue weighted by Gasteiger charge is 2.18. The van der Waals surface area contributed by atoms with Crippen LogP contribution >= 0.6 is 0 Å². The third-order valence-electron chi connectivity index (χ3n) is 3.74. The lowest BCUT2D eigenvalue weighted by Gasteiger charge is -2.25. The van der Waals surface area contributed by atoms with Gasteiger partial charge in [0.1, 0.15) is 5.82 Å². The molecule has 112 valence electrons. The van der Waals surface area contributed by atoms with Crippen LogP contribution in [-0.4, -0.2) is 24.2 Å². The topological polar surface area (TPSA) is 49.3 Å². The maximum atomic E-state index is 13.7. The number of hydrogen-bond acceptors (Lipinski definition) is 2. The Morgan fingerprint density at radius 1 is 1.43 bits per heavy atom. The minimum atomic E-state index is -0.538. The van der Waals surface area contributed by atoms with Crippen LogP contribution in [0.3, 0.4) is 0 Å². The first-order chi connectivity index (χ1) is 10.2. The van der Waals surface area contributed by atoms with Crippen molar-refractivity contribution in [3.8, 4) is 11.8 Å². The Bertz CT molecular complexity index is 556. The van der Waals surface area contributed by atoms with Gasteiger partial charge in [-0.15, -0.1) is 0 Å². The van der Waals surface area contributed by atoms with Crippen LogP contribution in [0, 0.1) is 23.6 Å². The summed E-state index contributed by atoms with van der Waals surface area (Å²) in [6.07, 6.45) is 5.08. The van der Waals surface area contributed by atoms with E-state index < -0.39 is 11.7 Å². The fourth-order valence-electron chi connectivity index (χ4n) is 2.26. The molecule has 1 amide bonds. The molecule has 2 rings (SSSR count). The lowest BCUT2D eigenvalue weighted by molar-refractivity contribution is 0.0945. The van der Waals surface area contributed by atoms with Crippen LogP contribution in [0.1, 0.15) is 48.0 Å². The number of hydrogen-bond donors (Lipinski definition) is 2. The summed E-state index contributed by atoms with van der Waals surface area (Å²) in [6, 6.07) is 4.24. The normalized spacial score (nSPS) is 14.0. The summed E-state index contributed by atoms with van der Waals surface area (Å²) >= 11 is 0. The molecule has 21 heavy (non-hydrogen) atoms. The number of carbonyl (C=O) groups excluding carboxylic acids is 1. The number of aliphatic hydroxyl groups excluding tert-OH is 1. The number of aliphatic hydroxyl groups is 1. The van der Waals surface area contributed by atoms with Gasteiger partial charge in [-0.3, -0.25) is 4.79 Å². The molecule has 0 atom stereocenters. The van der Waals surface area contributed by atoms with Crippen molar-refractivity contribution >= 4 is 5.91 Å². The number of nitrogens with one attached hydrogen (secondary N) is 1. The summed E-state index contributed by atoms with van der Waals surface area (Å²) < 4.78 is 13.7. The van der Waals surface area contributed by atoms with Crippen LogP contribution in [0.4, 0.5) is 4.39 Å². The van der Waals surface area contributed by atoms with Crippen molar-refractivity contribution in [2.24, 2.45) is 5.92 Å². The second kappa shape index (κ2) is 7.80. The fraction of sp³-hybridized carbons (Fsp3) is 0.471. The third-order valence-corrected chi connectivity index (χ3v) is 3.74. The molecule has 0 saturated heterocycles. The Hall–Kier alpha value is -1.86. The lowest BCUT2D eigenvalue weighted by Crippen LogP contribution is -2.28. The molecule has 0 unspecified atom stereocenters. The van der Waals surface area contributed by atoms with E-state index in [0.29, 0.717) is 24.4 Å². The van der Waals surface area contributed by atoms with Crippen molar-refractivity contribution in [1.82, 2.24) is 5.32 Å². The minimum Gasteiger partial charge on any atom is -0.395 e. The Labute approximate surface area is 124 Å². The SMILES string of the molecule is O=C(NCCC1CCC1)c1cc(C#CCCO)ccc1F. The quantitative estimate of drug-likeness (QED) is 0.818. The predicted octanol–water partition coefficient (Wildman–Crippen LogP) is 2.48. The smallest absolute Gasteiger partial charge is 0.254 e. The summed E-state index contributed by atoms with van der Waals surface area (Å²) in [5.41, 5.74) is 0.605. The Balaban J connectivity index is 1.94. The van der Waals surface area contributed by atoms with Crippen LogP contribution in [0.25, 0.3) is 0 Å². The van der Waals surface area contributed by atoms with Gasteiger partial charge in [-0.1, -0.05) is 31.1 Å². The Morgan fingerprint density at radius 3 is 2.90 bits per heavy atom. The molecule has 0 bridgehead atoms. The Kier molecular flexibility index (Phi) is 5.77. The standard InChI is InChI=1S/C17H20FNO2/c18-16-8-7-14(4-1-2-11-20)12-15(16)17(21)19-10-9-13-5-3-6-13/h7-8,12-13,20H,2-3,5-6,9-11H2,(H,19,21). The minimum absolute atomic E-state index is 0.0112. The first-order valence-electron chi connectivity index (χ1n) is 7.38. The van der Waals surface area contributed by atoms with Gasteiger partial charge in [0.25, 0.3) is 5.91 Å². The van der Waals surface area contributed by atoms with Gasteiger partial charge in [0.15, 0.2) is 0 Å². The highest BCUT2D eigenvalue weighted by Crippen LogP contribution is 2.28. The number of carbonyl (C=O) groups is 1. The molecule has 1 aromatic carbocycles. The number of rotatable bonds is 5. The van der Waals surface area contributed by atoms with Gasteiger partial charge in [-0.2, -0.15) is 0 Å². The number of benzene rings is 1. The van der Waals surface area contributed by atoms with Gasteiger partial charge in [0.2, 0.25) is 0 Å². The van der Waals surface area contributed by atoms with Gasteiger partial charge in [-0.05, 0) is 30.5 Å². The molecule has 0 spiro atoms. The van der Waals surface area contributed by atoms with E-state index in [4.69, 9.17) is 5.11 Å². The van der Waals surface area contributed by atoms with Crippen molar-refractivity contribution in [2.45, 2.75) is 32.1 Å². The fourth-order valence-corrected chi connectivity index (χ4v) is 2.26. The zero-order chi connectivity index (χ0) is 15.1. The Morgan fingerprint density at radius 2 is 2.24 bits per heavy atom. The van der Waals surface area contributed by atoms with E-state index >= 15 is 0 Å². The molecule has 1 aromatic rings. The van der Waals surface area contributed by atoms with E-state index in [2.05, 4.69) is 17.2 Å². The highest BCUT2D eigenvalue weighted by molar-refractivity contribution is 5.94. The molecule has 4 heteroatoms. The summed E-state index contributed by atoms with van der Waals surface area (Å²) in [4.78, 5) is 12.0. The molecule has 0 aromatic heterocycles. The summed E-state index contributed by atoms with van der Waals surface area (Å²) in [5.74, 6) is 5.34. The molecule has 1 aliphatic carbocycles. The second-order valence-electron chi connectivity index (χ2n) is 5.31. The average molecular weight is 289 g/mol. The van der Waals surface area contributed by atoms with Crippen molar-refractivity contribution < 1.29 is 14.3 Å². The largest absolute Gasteiger partial charge is 0.395 e. The van der Waals surface area contributed by atoms with Gasteiger partial charge < -0.3 is 10.4 Å². The van der Waals surface area contributed by atoms with Crippen LogP contribution in [0.2, 0.25) is 0 Å². The average Bonchev–Trinajstić information content (AvgIpc) is 2.43. The maximum Gasteiger partial charge on any atom is 0.254 e. The first-order valence-corrected chi connectivity index (χ1v) is 7.38. The van der Waals surface area contributed by atoms with Crippen LogP contribution in [0.15, 0.2) is 18.2 Å². The summed E-state index contributed by atoms with van der Waals surface area (Å²) in [7, 11) is 0. The van der Waals surface area contributed by atoms with Gasteiger partial charge in [0.05, 0.1) is 12.2 Å². The van der Waals surface area contributed by atoms with E-state index in [0.717, 1.165) is 6.42 Å². The predicted molar refractivity (Wildman–Crippen MR) is 79.3 cm³/mol. The highest BCUT2D eigenvalue weighted by atomic mass is 19.1. The van der Waals surface area contributed by atoms with Gasteiger partial charge in [0, 0.05) is 18.5 Å². The number of halogens is 1. The van der Waals surface area contributed by atoms with E-state index in [-0.39, 0.29) is 12.2 Å². The zero-order valence-corrected chi connectivity index (χ0v) is 12.0. The summed E-state index contributed by atoms with van der Waals surface area (Å²) in [6.45, 7) is 0.575. The van der Waals surface area contributed by atoms with E-state index in [1.54, 1.807) is 0 Å². The number of amides is 1. The molecular weight excluding hydrogens is 269 g/mol. The van der Waals surface area contributed by atoms with Crippen LogP contribution in [-0.2, 0) is 0 Å². The molecular formula is C17H20FNO2. The van der Waals surface area contributed by atoms with Crippen molar-refractivity contribution in [3.05, 3.63) is 35.1 Å². The summed E-state index contributed by atoms with van der Waals surface area (Å²) in [5, 5.41) is 11.4.